The third-order valence-corrected chi connectivity index (χ3v) is 19.0. The summed E-state index contributed by atoms with van der Waals surface area (Å²) in [6.45, 7) is 20.6. The number of hydrogen-bond acceptors (Lipinski definition) is 10. The molecule has 0 aromatic heterocycles. The first-order chi connectivity index (χ1) is 47.6. The molecule has 0 saturated heterocycles. The Morgan fingerprint density at radius 3 is 0.557 bits per heavy atom. The monoisotopic (exact) mass is 1370 g/mol. The second-order valence-corrected chi connectivity index (χ2v) is 28.4. The van der Waals surface area contributed by atoms with Gasteiger partial charge in [-0.25, -0.2) is 14.4 Å². The highest BCUT2D eigenvalue weighted by Crippen LogP contribution is 2.17. The maximum atomic E-state index is 13.4. The van der Waals surface area contributed by atoms with Crippen LogP contribution in [0.3, 0.4) is 0 Å². The summed E-state index contributed by atoms with van der Waals surface area (Å²) in [5, 5.41) is 8.99. The summed E-state index contributed by atoms with van der Waals surface area (Å²) in [5.41, 5.74) is 0. The molecule has 3 N–H and O–H groups in total. The van der Waals surface area contributed by atoms with Crippen LogP contribution in [0, 0.1) is 0 Å². The van der Waals surface area contributed by atoms with Crippen LogP contribution in [-0.4, -0.2) is 154 Å². The van der Waals surface area contributed by atoms with Crippen molar-refractivity contribution in [2.45, 2.75) is 388 Å². The van der Waals surface area contributed by atoms with Gasteiger partial charge in [0.15, 0.2) is 0 Å². The number of nitrogens with one attached hydrogen (secondary N) is 3. The Morgan fingerprint density at radius 1 is 0.216 bits per heavy atom. The van der Waals surface area contributed by atoms with Crippen LogP contribution in [0.15, 0.2) is 0 Å². The molecule has 97 heavy (non-hydrogen) atoms. The summed E-state index contributed by atoms with van der Waals surface area (Å²) in [7, 11) is 0. The van der Waals surface area contributed by atoms with Gasteiger partial charge in [0.05, 0.1) is 19.8 Å². The Bertz CT molecular complexity index is 1510. The standard InChI is InChI=1S/C81H159N7O9/c1-7-13-19-25-31-37-43-49-64-86(65-50-44-38-32-26-20-14-8-2)79(92)95-73-55-61-82-76(89)58-70-85(71-59-77(90)83-62-56-74-96-80(93)87(66-51-45-39-33-27-21-15-9-3)67-52-46-40-34-28-22-16-10-4)72-60-78(91)84-63-57-75-97-81(94)88(68-53-47-41-35-29-23-17-11-5)69-54-48-42-36-30-24-18-12-6/h7-75H2,1-6H3,(H,82,89)(H,83,90)(H,84,91). The molecule has 0 aliphatic carbocycles. The van der Waals surface area contributed by atoms with Crippen molar-refractivity contribution in [3.8, 4) is 0 Å². The van der Waals surface area contributed by atoms with Crippen molar-refractivity contribution in [1.82, 2.24) is 35.6 Å². The van der Waals surface area contributed by atoms with Gasteiger partial charge in [-0.2, -0.15) is 0 Å². The number of carbonyl (C=O) groups excluding carboxylic acids is 6. The highest BCUT2D eigenvalue weighted by molar-refractivity contribution is 5.77. The maximum Gasteiger partial charge on any atom is 0.409 e. The van der Waals surface area contributed by atoms with E-state index in [1.165, 1.54) is 231 Å². The van der Waals surface area contributed by atoms with Gasteiger partial charge in [-0.15, -0.1) is 0 Å². The summed E-state index contributed by atoms with van der Waals surface area (Å²) < 4.78 is 17.4. The predicted molar refractivity (Wildman–Crippen MR) is 408 cm³/mol. The number of amides is 6. The number of hydrogen-bond donors (Lipinski definition) is 3. The van der Waals surface area contributed by atoms with Crippen molar-refractivity contribution in [1.29, 1.82) is 0 Å². The molecule has 0 bridgehead atoms. The molecule has 0 rings (SSSR count). The molecular weight excluding hydrogens is 1210 g/mol. The first-order valence-electron chi connectivity index (χ1n) is 41.8. The van der Waals surface area contributed by atoms with E-state index in [2.05, 4.69) is 57.5 Å². The molecule has 6 amide bonds. The Morgan fingerprint density at radius 2 is 0.381 bits per heavy atom. The SMILES string of the molecule is CCCCCCCCCCN(CCCCCCCCCC)C(=O)OCCCNC(=O)CCN(CCC(=O)NCCCOC(=O)N(CCCCCCCCCC)CCCCCCCCCC)CCC(=O)NCCCOC(=O)N(CCCCCCCCCC)CCCCCCCCCC. The first-order valence-corrected chi connectivity index (χ1v) is 41.8. The van der Waals surface area contributed by atoms with E-state index >= 15 is 0 Å². The van der Waals surface area contributed by atoms with Gasteiger partial charge in [0.2, 0.25) is 17.7 Å². The summed E-state index contributed by atoms with van der Waals surface area (Å²) in [5.74, 6) is -0.448. The molecule has 0 aliphatic heterocycles. The van der Waals surface area contributed by atoms with Gasteiger partial charge in [-0.3, -0.25) is 14.4 Å². The highest BCUT2D eigenvalue weighted by Gasteiger charge is 2.19. The molecule has 0 atom stereocenters. The molecular formula is C81H159N7O9. The highest BCUT2D eigenvalue weighted by atomic mass is 16.6. The van der Waals surface area contributed by atoms with E-state index in [0.717, 1.165) is 77.0 Å². The Balaban J connectivity index is 5.55. The number of carbonyl (C=O) groups is 6. The lowest BCUT2D eigenvalue weighted by Crippen LogP contribution is -2.37. The van der Waals surface area contributed by atoms with Gasteiger partial charge in [-0.05, 0) is 57.8 Å². The number of ether oxygens (including phenoxy) is 3. The van der Waals surface area contributed by atoms with Gasteiger partial charge < -0.3 is 49.8 Å². The van der Waals surface area contributed by atoms with Crippen molar-refractivity contribution < 1.29 is 43.0 Å². The fourth-order valence-corrected chi connectivity index (χ4v) is 12.5. The van der Waals surface area contributed by atoms with E-state index in [0.29, 0.717) is 97.8 Å². The third kappa shape index (κ3) is 65.3. The predicted octanol–water partition coefficient (Wildman–Crippen LogP) is 21.1. The largest absolute Gasteiger partial charge is 0.449 e. The second kappa shape index (κ2) is 74.9. The Kier molecular flexibility index (Phi) is 71.9. The molecule has 572 valence electrons. The average molecular weight is 1380 g/mol. The van der Waals surface area contributed by atoms with Crippen LogP contribution in [0.4, 0.5) is 14.4 Å². The van der Waals surface area contributed by atoms with E-state index < -0.39 is 0 Å². The summed E-state index contributed by atoms with van der Waals surface area (Å²) >= 11 is 0. The van der Waals surface area contributed by atoms with Crippen LogP contribution in [-0.2, 0) is 28.6 Å². The van der Waals surface area contributed by atoms with Crippen LogP contribution in [0.1, 0.15) is 388 Å². The van der Waals surface area contributed by atoms with E-state index in [9.17, 15) is 28.8 Å². The lowest BCUT2D eigenvalue weighted by Gasteiger charge is -2.23. The lowest BCUT2D eigenvalue weighted by molar-refractivity contribution is -0.121. The normalized spacial score (nSPS) is 11.3. The first kappa shape index (κ1) is 93.2. The average Bonchev–Trinajstić information content (AvgIpc) is 2.30. The quantitative estimate of drug-likeness (QED) is 0.0392. The molecule has 0 saturated carbocycles. The van der Waals surface area contributed by atoms with Gasteiger partial charge in [-0.1, -0.05) is 311 Å². The molecule has 0 radical (unpaired) electrons. The van der Waals surface area contributed by atoms with Crippen molar-refractivity contribution >= 4 is 36.0 Å². The van der Waals surface area contributed by atoms with Crippen LogP contribution < -0.4 is 16.0 Å². The number of rotatable bonds is 75. The summed E-state index contributed by atoms with van der Waals surface area (Å²) in [4.78, 5) is 87.7. The zero-order valence-electron chi connectivity index (χ0n) is 64.8. The summed E-state index contributed by atoms with van der Waals surface area (Å²) in [6.07, 6.45) is 59.4. The molecule has 0 aromatic rings. The van der Waals surface area contributed by atoms with Crippen molar-refractivity contribution in [2.75, 3.05) is 98.4 Å². The molecule has 0 heterocycles. The zero-order valence-corrected chi connectivity index (χ0v) is 64.8. The van der Waals surface area contributed by atoms with E-state index in [-0.39, 0.29) is 75.1 Å². The molecule has 0 aromatic carbocycles. The van der Waals surface area contributed by atoms with Gasteiger partial charge in [0, 0.05) is 97.8 Å². The minimum atomic E-state index is -0.265. The molecule has 16 nitrogen and oxygen atoms in total. The molecule has 0 fully saturated rings. The van der Waals surface area contributed by atoms with Gasteiger partial charge in [0.1, 0.15) is 0 Å². The number of nitrogens with zero attached hydrogens (tertiary/aromatic N) is 4. The summed E-state index contributed by atoms with van der Waals surface area (Å²) in [6, 6.07) is 0. The maximum absolute atomic E-state index is 13.4. The fourth-order valence-electron chi connectivity index (χ4n) is 12.5. The van der Waals surface area contributed by atoms with E-state index in [4.69, 9.17) is 14.2 Å². The van der Waals surface area contributed by atoms with Crippen LogP contribution >= 0.6 is 0 Å². The van der Waals surface area contributed by atoms with E-state index in [1.807, 2.05) is 19.6 Å². The van der Waals surface area contributed by atoms with Crippen LogP contribution in [0.25, 0.3) is 0 Å². The molecule has 0 unspecified atom stereocenters. The molecule has 0 aliphatic rings. The second-order valence-electron chi connectivity index (χ2n) is 28.4. The minimum absolute atomic E-state index is 0.149. The van der Waals surface area contributed by atoms with Gasteiger partial charge in [0.25, 0.3) is 0 Å². The molecule has 16 heteroatoms. The van der Waals surface area contributed by atoms with Crippen molar-refractivity contribution in [3.05, 3.63) is 0 Å². The van der Waals surface area contributed by atoms with Crippen molar-refractivity contribution in [2.24, 2.45) is 0 Å². The van der Waals surface area contributed by atoms with Crippen molar-refractivity contribution in [3.63, 3.8) is 0 Å². The smallest absolute Gasteiger partial charge is 0.409 e. The number of unbranched alkanes of at least 4 members (excludes halogenated alkanes) is 42. The fraction of sp³-hybridized carbons (Fsp3) is 0.926. The van der Waals surface area contributed by atoms with Crippen LogP contribution in [0.2, 0.25) is 0 Å². The Hall–Kier alpha value is -3.82. The molecule has 0 spiro atoms. The van der Waals surface area contributed by atoms with Crippen LogP contribution in [0.5, 0.6) is 0 Å². The zero-order chi connectivity index (χ0) is 70.8. The van der Waals surface area contributed by atoms with E-state index in [1.54, 1.807) is 0 Å². The lowest BCUT2D eigenvalue weighted by atomic mass is 10.1. The Labute approximate surface area is 598 Å². The topological polar surface area (TPSA) is 179 Å². The third-order valence-electron chi connectivity index (χ3n) is 19.0. The minimum Gasteiger partial charge on any atom is -0.449 e. The van der Waals surface area contributed by atoms with Gasteiger partial charge >= 0.3 is 18.3 Å².